The van der Waals surface area contributed by atoms with Gasteiger partial charge in [-0.05, 0) is 11.1 Å². The molecular weight excluding hydrogens is 242 g/mol. The SMILES string of the molecule is O=C(O)N(O)CC(c1ccccc1)c1ccccc1. The maximum absolute atomic E-state index is 10.8. The lowest BCUT2D eigenvalue weighted by Crippen LogP contribution is -2.30. The molecule has 1 amide bonds. The molecule has 2 rings (SSSR count). The Balaban J connectivity index is 2.32. The zero-order valence-corrected chi connectivity index (χ0v) is 10.3. The van der Waals surface area contributed by atoms with Gasteiger partial charge in [0.15, 0.2) is 0 Å². The van der Waals surface area contributed by atoms with Crippen LogP contribution in [0.15, 0.2) is 60.7 Å². The Labute approximate surface area is 111 Å². The number of carboxylic acid groups (broad SMARTS) is 1. The molecule has 0 spiro atoms. The molecule has 0 bridgehead atoms. The molecule has 4 heteroatoms. The van der Waals surface area contributed by atoms with Crippen LogP contribution in [0.1, 0.15) is 17.0 Å². The van der Waals surface area contributed by atoms with Crippen molar-refractivity contribution in [1.82, 2.24) is 5.06 Å². The Hall–Kier alpha value is -2.33. The number of benzene rings is 2. The highest BCUT2D eigenvalue weighted by molar-refractivity contribution is 5.63. The highest BCUT2D eigenvalue weighted by Crippen LogP contribution is 2.25. The number of hydrogen-bond donors (Lipinski definition) is 2. The van der Waals surface area contributed by atoms with Crippen molar-refractivity contribution in [3.8, 4) is 0 Å². The highest BCUT2D eigenvalue weighted by Gasteiger charge is 2.19. The van der Waals surface area contributed by atoms with Crippen LogP contribution in [0.3, 0.4) is 0 Å². The first-order valence-electron chi connectivity index (χ1n) is 5.97. The van der Waals surface area contributed by atoms with E-state index in [0.717, 1.165) is 11.1 Å². The summed E-state index contributed by atoms with van der Waals surface area (Å²) in [5, 5.41) is 18.6. The Morgan fingerprint density at radius 1 is 0.947 bits per heavy atom. The Kier molecular flexibility index (Phi) is 4.15. The zero-order chi connectivity index (χ0) is 13.7. The zero-order valence-electron chi connectivity index (χ0n) is 10.3. The van der Waals surface area contributed by atoms with Crippen LogP contribution in [0, 0.1) is 0 Å². The van der Waals surface area contributed by atoms with Gasteiger partial charge in [0.05, 0.1) is 6.54 Å². The van der Waals surface area contributed by atoms with Crippen LogP contribution in [-0.4, -0.2) is 28.0 Å². The van der Waals surface area contributed by atoms with Crippen molar-refractivity contribution in [2.75, 3.05) is 6.54 Å². The van der Waals surface area contributed by atoms with Crippen LogP contribution in [0.2, 0.25) is 0 Å². The normalized spacial score (nSPS) is 10.4. The molecule has 0 radical (unpaired) electrons. The van der Waals surface area contributed by atoms with Gasteiger partial charge < -0.3 is 5.11 Å². The molecule has 0 unspecified atom stereocenters. The fraction of sp³-hybridized carbons (Fsp3) is 0.133. The van der Waals surface area contributed by atoms with E-state index in [2.05, 4.69) is 0 Å². The molecule has 2 N–H and O–H groups in total. The first kappa shape index (κ1) is 13.1. The average Bonchev–Trinajstić information content (AvgIpc) is 2.46. The molecule has 98 valence electrons. The molecular formula is C15H15NO3. The van der Waals surface area contributed by atoms with Gasteiger partial charge in [-0.1, -0.05) is 60.7 Å². The monoisotopic (exact) mass is 257 g/mol. The molecule has 2 aromatic carbocycles. The van der Waals surface area contributed by atoms with Gasteiger partial charge in [0.1, 0.15) is 0 Å². The molecule has 0 saturated carbocycles. The van der Waals surface area contributed by atoms with E-state index < -0.39 is 6.09 Å². The second kappa shape index (κ2) is 6.02. The van der Waals surface area contributed by atoms with Gasteiger partial charge in [-0.3, -0.25) is 5.21 Å². The Bertz CT molecular complexity index is 488. The standard InChI is InChI=1S/C15H15NO3/c17-15(18)16(19)11-14(12-7-3-1-4-8-12)13-9-5-2-6-10-13/h1-10,14,19H,11H2,(H,17,18). The Morgan fingerprint density at radius 3 is 1.74 bits per heavy atom. The summed E-state index contributed by atoms with van der Waals surface area (Å²) in [7, 11) is 0. The van der Waals surface area contributed by atoms with Crippen molar-refractivity contribution >= 4 is 6.09 Å². The third-order valence-electron chi connectivity index (χ3n) is 2.98. The summed E-state index contributed by atoms with van der Waals surface area (Å²) in [6, 6.07) is 19.1. The van der Waals surface area contributed by atoms with Crippen molar-refractivity contribution in [2.45, 2.75) is 5.92 Å². The molecule has 0 aliphatic heterocycles. The van der Waals surface area contributed by atoms with Crippen LogP contribution in [0.25, 0.3) is 0 Å². The summed E-state index contributed by atoms with van der Waals surface area (Å²) in [6.45, 7) is 0.00333. The molecule has 0 aliphatic carbocycles. The van der Waals surface area contributed by atoms with Gasteiger partial charge >= 0.3 is 6.09 Å². The van der Waals surface area contributed by atoms with E-state index >= 15 is 0 Å². The van der Waals surface area contributed by atoms with E-state index in [1.165, 1.54) is 0 Å². The van der Waals surface area contributed by atoms with E-state index in [-0.39, 0.29) is 12.5 Å². The van der Waals surface area contributed by atoms with Crippen molar-refractivity contribution in [2.24, 2.45) is 0 Å². The largest absolute Gasteiger partial charge is 0.463 e. The first-order valence-corrected chi connectivity index (χ1v) is 5.97. The topological polar surface area (TPSA) is 60.8 Å². The van der Waals surface area contributed by atoms with E-state index in [1.54, 1.807) is 0 Å². The first-order chi connectivity index (χ1) is 9.18. The number of carbonyl (C=O) groups is 1. The molecule has 0 aliphatic rings. The fourth-order valence-corrected chi connectivity index (χ4v) is 2.02. The van der Waals surface area contributed by atoms with E-state index in [4.69, 9.17) is 5.11 Å². The second-order valence-corrected chi connectivity index (χ2v) is 4.24. The van der Waals surface area contributed by atoms with Crippen molar-refractivity contribution in [3.63, 3.8) is 0 Å². The van der Waals surface area contributed by atoms with Crippen LogP contribution in [0.5, 0.6) is 0 Å². The molecule has 0 aromatic heterocycles. The molecule has 0 saturated heterocycles. The van der Waals surface area contributed by atoms with Gasteiger partial charge in [-0.2, -0.15) is 5.06 Å². The molecule has 4 nitrogen and oxygen atoms in total. The minimum Gasteiger partial charge on any atom is -0.463 e. The van der Waals surface area contributed by atoms with Gasteiger partial charge in [0.25, 0.3) is 0 Å². The molecule has 0 heterocycles. The summed E-state index contributed by atoms with van der Waals surface area (Å²) < 4.78 is 0. The highest BCUT2D eigenvalue weighted by atomic mass is 16.6. The second-order valence-electron chi connectivity index (χ2n) is 4.24. The summed E-state index contributed by atoms with van der Waals surface area (Å²) >= 11 is 0. The number of amides is 1. The lowest BCUT2D eigenvalue weighted by molar-refractivity contribution is -0.0655. The van der Waals surface area contributed by atoms with E-state index in [1.807, 2.05) is 60.7 Å². The maximum Gasteiger partial charge on any atom is 0.431 e. The number of hydroxylamine groups is 2. The smallest absolute Gasteiger partial charge is 0.431 e. The van der Waals surface area contributed by atoms with Crippen molar-refractivity contribution < 1.29 is 15.1 Å². The van der Waals surface area contributed by atoms with Crippen LogP contribution >= 0.6 is 0 Å². The van der Waals surface area contributed by atoms with Crippen LogP contribution in [-0.2, 0) is 0 Å². The van der Waals surface area contributed by atoms with Gasteiger partial charge in [-0.25, -0.2) is 4.79 Å². The lowest BCUT2D eigenvalue weighted by Gasteiger charge is -2.21. The van der Waals surface area contributed by atoms with Gasteiger partial charge in [-0.15, -0.1) is 0 Å². The van der Waals surface area contributed by atoms with Gasteiger partial charge in [0.2, 0.25) is 0 Å². The van der Waals surface area contributed by atoms with Crippen LogP contribution < -0.4 is 0 Å². The summed E-state index contributed by atoms with van der Waals surface area (Å²) in [6.07, 6.45) is -1.35. The van der Waals surface area contributed by atoms with Crippen molar-refractivity contribution in [3.05, 3.63) is 71.8 Å². The third kappa shape index (κ3) is 3.33. The third-order valence-corrected chi connectivity index (χ3v) is 2.98. The molecule has 0 fully saturated rings. The predicted octanol–water partition coefficient (Wildman–Crippen LogP) is 3.19. The predicted molar refractivity (Wildman–Crippen MR) is 71.2 cm³/mol. The van der Waals surface area contributed by atoms with E-state index in [9.17, 15) is 10.0 Å². The van der Waals surface area contributed by atoms with Crippen LogP contribution in [0.4, 0.5) is 4.79 Å². The minimum absolute atomic E-state index is 0.00333. The number of rotatable bonds is 4. The quantitative estimate of drug-likeness (QED) is 0.653. The average molecular weight is 257 g/mol. The van der Waals surface area contributed by atoms with Gasteiger partial charge in [0, 0.05) is 5.92 Å². The van der Waals surface area contributed by atoms with Crippen molar-refractivity contribution in [1.29, 1.82) is 0 Å². The van der Waals surface area contributed by atoms with E-state index in [0.29, 0.717) is 5.06 Å². The minimum atomic E-state index is -1.35. The fourth-order valence-electron chi connectivity index (χ4n) is 2.02. The lowest BCUT2D eigenvalue weighted by atomic mass is 9.91. The summed E-state index contributed by atoms with van der Waals surface area (Å²) in [5.74, 6) is -0.191. The number of hydrogen-bond acceptors (Lipinski definition) is 2. The summed E-state index contributed by atoms with van der Waals surface area (Å²) in [4.78, 5) is 10.8. The molecule has 19 heavy (non-hydrogen) atoms. The summed E-state index contributed by atoms with van der Waals surface area (Å²) in [5.41, 5.74) is 1.93. The molecule has 0 atom stereocenters. The Morgan fingerprint density at radius 2 is 1.37 bits per heavy atom. The molecule has 2 aromatic rings. The number of nitrogens with zero attached hydrogens (tertiary/aromatic N) is 1. The maximum atomic E-state index is 10.8.